The van der Waals surface area contributed by atoms with E-state index < -0.39 is 0 Å². The second-order valence-electron chi connectivity index (χ2n) is 15.4. The number of hydrogen-bond acceptors (Lipinski definition) is 4. The number of phenolic OH excluding ortho intramolecular Hbond substituents is 2. The second-order valence-corrected chi connectivity index (χ2v) is 15.4. The number of H-pyrrole nitrogens is 2. The van der Waals surface area contributed by atoms with Gasteiger partial charge in [-0.2, -0.15) is 0 Å². The number of rotatable bonds is 7. The standard InChI is InChI=1S/C44H44N6O2.2ClH/c51-33-4-8-39-36(25-33)44-38-28-50(20-14-32(38)2-7-41(44)45-39)24-22-48-17-11-30(12-18-48)29-9-15-47(16-10-29)21-23-49-19-13-31-1-6-40-43(37(31)27-49)35-5-3-34(52)26-42(35)46-40;;/h1-8,13-14,19-20,25-30H,9-12,15-18,21-24H2,(H2,46,51,52);2*1H. The summed E-state index contributed by atoms with van der Waals surface area (Å²) in [6, 6.07) is 24.3. The van der Waals surface area contributed by atoms with E-state index >= 15 is 0 Å². The second kappa shape index (κ2) is 14.9. The van der Waals surface area contributed by atoms with Crippen molar-refractivity contribution in [1.82, 2.24) is 19.8 Å². The molecular formula is C44H46Cl2N6O2. The van der Waals surface area contributed by atoms with E-state index in [9.17, 15) is 10.2 Å². The van der Waals surface area contributed by atoms with Gasteiger partial charge in [-0.15, -0.1) is 0 Å². The molecule has 2 saturated heterocycles. The Kier molecular flexibility index (Phi) is 10.0. The Bertz CT molecular complexity index is 2620. The number of likely N-dealkylation sites (tertiary alicyclic amines) is 2. The highest BCUT2D eigenvalue weighted by molar-refractivity contribution is 6.21. The topological polar surface area (TPSA) is 86.3 Å². The zero-order valence-corrected chi connectivity index (χ0v) is 31.8. The van der Waals surface area contributed by atoms with Crippen LogP contribution in [0.2, 0.25) is 0 Å². The highest BCUT2D eigenvalue weighted by atomic mass is 35.5. The fraction of sp³-hybridized carbons (Fsp3) is 0.318. The average molecular weight is 762 g/mol. The van der Waals surface area contributed by atoms with Crippen molar-refractivity contribution < 1.29 is 44.2 Å². The molecule has 0 saturated carbocycles. The average Bonchev–Trinajstić information content (AvgIpc) is 3.74. The quantitative estimate of drug-likeness (QED) is 0.185. The Labute approximate surface area is 326 Å². The normalized spacial score (nSPS) is 16.5. The summed E-state index contributed by atoms with van der Waals surface area (Å²) in [4.78, 5) is 12.4. The highest BCUT2D eigenvalue weighted by Gasteiger charge is 2.30. The van der Waals surface area contributed by atoms with Crippen molar-refractivity contribution in [3.05, 3.63) is 97.6 Å². The van der Waals surface area contributed by atoms with Crippen molar-refractivity contribution in [2.75, 3.05) is 39.3 Å². The lowest BCUT2D eigenvalue weighted by molar-refractivity contribution is -0.695. The molecule has 0 unspecified atom stereocenters. The molecule has 0 bridgehead atoms. The molecule has 6 heterocycles. The zero-order chi connectivity index (χ0) is 34.8. The molecule has 4 N–H and O–H groups in total. The maximum Gasteiger partial charge on any atom is 0.177 e. The summed E-state index contributed by atoms with van der Waals surface area (Å²) in [6.07, 6.45) is 14.3. The van der Waals surface area contributed by atoms with Crippen molar-refractivity contribution in [3.8, 4) is 11.5 Å². The van der Waals surface area contributed by atoms with Crippen molar-refractivity contribution in [2.45, 2.75) is 38.8 Å². The van der Waals surface area contributed by atoms with Crippen LogP contribution in [-0.4, -0.2) is 69.2 Å². The fourth-order valence-electron chi connectivity index (χ4n) is 9.48. The number of aromatic amines is 2. The minimum absolute atomic E-state index is 0. The van der Waals surface area contributed by atoms with Gasteiger partial charge in [-0.1, -0.05) is 12.1 Å². The number of benzene rings is 4. The van der Waals surface area contributed by atoms with Gasteiger partial charge >= 0.3 is 0 Å². The first-order valence-corrected chi connectivity index (χ1v) is 19.1. The largest absolute Gasteiger partial charge is 1.00 e. The van der Waals surface area contributed by atoms with Gasteiger partial charge in [-0.3, -0.25) is 9.80 Å². The van der Waals surface area contributed by atoms with E-state index in [1.807, 2.05) is 24.3 Å². The molecule has 0 atom stereocenters. The van der Waals surface area contributed by atoms with Crippen molar-refractivity contribution in [1.29, 1.82) is 0 Å². The van der Waals surface area contributed by atoms with E-state index in [1.165, 1.54) is 84.2 Å². The minimum Gasteiger partial charge on any atom is -1.00 e. The monoisotopic (exact) mass is 760 g/mol. The van der Waals surface area contributed by atoms with E-state index in [2.05, 4.69) is 90.1 Å². The summed E-state index contributed by atoms with van der Waals surface area (Å²) in [5.41, 5.74) is 4.25. The SMILES string of the molecule is Oc1ccc2c(c1)[nH]c1ccc3cc[n+](CCN4CCC(C5CCN(CC[n+]6ccc7ccc8[nH]c9ccc(O)cc9c8c7c6)CC5)CC4)cc3c12.[Cl-].[Cl-]. The van der Waals surface area contributed by atoms with Crippen LogP contribution >= 0.6 is 0 Å². The van der Waals surface area contributed by atoms with Crippen molar-refractivity contribution in [3.63, 3.8) is 0 Å². The molecule has 278 valence electrons. The van der Waals surface area contributed by atoms with Gasteiger partial charge < -0.3 is 45.0 Å². The van der Waals surface area contributed by atoms with Crippen LogP contribution in [0.25, 0.3) is 65.2 Å². The Morgan fingerprint density at radius 2 is 1.00 bits per heavy atom. The summed E-state index contributed by atoms with van der Waals surface area (Å²) in [5.74, 6) is 2.30. The first-order chi connectivity index (χ1) is 25.5. The van der Waals surface area contributed by atoms with Gasteiger partial charge in [-0.25, -0.2) is 9.13 Å². The number of hydrogen-bond donors (Lipinski definition) is 4. The molecular weight excluding hydrogens is 715 g/mol. The molecule has 0 amide bonds. The predicted octanol–water partition coefficient (Wildman–Crippen LogP) is 1.38. The molecule has 2 fully saturated rings. The first kappa shape index (κ1) is 36.4. The maximum absolute atomic E-state index is 10.2. The molecule has 0 aliphatic carbocycles. The number of nitrogens with one attached hydrogen (secondary N) is 2. The van der Waals surface area contributed by atoms with Gasteiger partial charge in [0.05, 0.1) is 29.4 Å². The minimum atomic E-state index is 0. The molecule has 10 heteroatoms. The molecule has 2 aliphatic heterocycles. The highest BCUT2D eigenvalue weighted by Crippen LogP contribution is 2.35. The Balaban J connectivity index is 0.00000207. The predicted molar refractivity (Wildman–Crippen MR) is 209 cm³/mol. The Morgan fingerprint density at radius 1 is 0.519 bits per heavy atom. The van der Waals surface area contributed by atoms with Crippen molar-refractivity contribution in [2.24, 2.45) is 11.8 Å². The fourth-order valence-corrected chi connectivity index (χ4v) is 9.48. The first-order valence-electron chi connectivity index (χ1n) is 19.1. The molecule has 0 radical (unpaired) electrons. The molecule has 10 rings (SSSR count). The van der Waals surface area contributed by atoms with Gasteiger partial charge in [0.25, 0.3) is 0 Å². The summed E-state index contributed by atoms with van der Waals surface area (Å²) >= 11 is 0. The number of halogens is 2. The molecule has 4 aromatic heterocycles. The zero-order valence-electron chi connectivity index (χ0n) is 30.3. The van der Waals surface area contributed by atoms with Crippen LogP contribution in [-0.2, 0) is 13.1 Å². The van der Waals surface area contributed by atoms with Crippen LogP contribution in [0.4, 0.5) is 0 Å². The molecule has 8 aromatic rings. The Hall–Kier alpha value is -4.60. The van der Waals surface area contributed by atoms with Crippen LogP contribution in [0, 0.1) is 11.8 Å². The van der Waals surface area contributed by atoms with E-state index in [4.69, 9.17) is 0 Å². The number of pyridine rings is 2. The van der Waals surface area contributed by atoms with Gasteiger partial charge in [0, 0.05) is 56.3 Å². The summed E-state index contributed by atoms with van der Waals surface area (Å²) in [6.45, 7) is 8.95. The lowest BCUT2D eigenvalue weighted by Crippen LogP contribution is -3.00. The lowest BCUT2D eigenvalue weighted by atomic mass is 9.79. The van der Waals surface area contributed by atoms with Gasteiger partial charge in [0.1, 0.15) is 11.5 Å². The number of aromatic nitrogens is 4. The third-order valence-electron chi connectivity index (χ3n) is 12.4. The van der Waals surface area contributed by atoms with Gasteiger partial charge in [0.15, 0.2) is 37.9 Å². The van der Waals surface area contributed by atoms with E-state index in [1.54, 1.807) is 12.1 Å². The smallest absolute Gasteiger partial charge is 0.177 e. The van der Waals surface area contributed by atoms with E-state index in [-0.39, 0.29) is 30.6 Å². The molecule has 4 aromatic carbocycles. The van der Waals surface area contributed by atoms with Crippen LogP contribution in [0.15, 0.2) is 97.6 Å². The maximum atomic E-state index is 10.2. The summed E-state index contributed by atoms with van der Waals surface area (Å²) in [7, 11) is 0. The molecule has 54 heavy (non-hydrogen) atoms. The number of piperidine rings is 2. The molecule has 8 nitrogen and oxygen atoms in total. The number of phenols is 2. The number of fused-ring (bicyclic) bond motifs is 10. The number of nitrogens with zero attached hydrogens (tertiary/aromatic N) is 4. The third-order valence-corrected chi connectivity index (χ3v) is 12.4. The van der Waals surface area contributed by atoms with E-state index in [0.717, 1.165) is 70.9 Å². The van der Waals surface area contributed by atoms with Crippen LogP contribution in [0.3, 0.4) is 0 Å². The van der Waals surface area contributed by atoms with Gasteiger partial charge in [0.2, 0.25) is 0 Å². The summed E-state index contributed by atoms with van der Waals surface area (Å²) < 4.78 is 4.70. The number of aromatic hydroxyl groups is 2. The Morgan fingerprint density at radius 3 is 1.57 bits per heavy atom. The van der Waals surface area contributed by atoms with Crippen LogP contribution in [0.1, 0.15) is 25.7 Å². The van der Waals surface area contributed by atoms with E-state index in [0.29, 0.717) is 5.75 Å². The van der Waals surface area contributed by atoms with Gasteiger partial charge in [-0.05, 0) is 117 Å². The lowest BCUT2D eigenvalue weighted by Gasteiger charge is -2.39. The molecule has 0 spiro atoms. The van der Waals surface area contributed by atoms with Crippen LogP contribution in [0.5, 0.6) is 11.5 Å². The molecule has 2 aliphatic rings. The summed E-state index contributed by atoms with van der Waals surface area (Å²) in [5, 5.41) is 29.8. The third kappa shape index (κ3) is 6.70. The van der Waals surface area contributed by atoms with Crippen LogP contribution < -0.4 is 33.9 Å². The van der Waals surface area contributed by atoms with Crippen molar-refractivity contribution >= 4 is 65.2 Å².